The van der Waals surface area contributed by atoms with Gasteiger partial charge in [0, 0.05) is 62.9 Å². The van der Waals surface area contributed by atoms with E-state index in [1.807, 2.05) is 67.4 Å². The zero-order chi connectivity index (χ0) is 25.5. The number of anilines is 1. The van der Waals surface area contributed by atoms with Crippen molar-refractivity contribution < 1.29 is 14.7 Å². The minimum absolute atomic E-state index is 0.0299. The Kier molecular flexibility index (Phi) is 8.35. The number of hydrogen-bond acceptors (Lipinski definition) is 5. The molecule has 1 aliphatic rings. The third-order valence-corrected chi connectivity index (χ3v) is 6.68. The van der Waals surface area contributed by atoms with Crippen LogP contribution in [0.25, 0.3) is 0 Å². The fourth-order valence-corrected chi connectivity index (χ4v) is 4.80. The molecule has 3 aromatic rings. The number of nitrogens with one attached hydrogen (secondary N) is 2. The Morgan fingerprint density at radius 1 is 1.06 bits per heavy atom. The summed E-state index contributed by atoms with van der Waals surface area (Å²) in [5, 5.41) is 11.7. The molecule has 0 saturated carbocycles. The highest BCUT2D eigenvalue weighted by atomic mass is 16.4. The molecule has 9 nitrogen and oxygen atoms in total. The minimum Gasteiger partial charge on any atom is -0.465 e. The molecule has 36 heavy (non-hydrogen) atoms. The molecular formula is C27H34N6O3. The second-order valence-electron chi connectivity index (χ2n) is 8.91. The predicted molar refractivity (Wildman–Crippen MR) is 139 cm³/mol. The van der Waals surface area contributed by atoms with Gasteiger partial charge in [-0.15, -0.1) is 0 Å². The fraction of sp³-hybridized carbons (Fsp3) is 0.370. The largest absolute Gasteiger partial charge is 0.465 e. The third-order valence-electron chi connectivity index (χ3n) is 6.68. The van der Waals surface area contributed by atoms with E-state index in [0.29, 0.717) is 24.3 Å². The van der Waals surface area contributed by atoms with Crippen molar-refractivity contribution in [1.82, 2.24) is 24.7 Å². The molecule has 0 spiro atoms. The lowest BCUT2D eigenvalue weighted by atomic mass is 9.95. The summed E-state index contributed by atoms with van der Waals surface area (Å²) in [6, 6.07) is 15.3. The highest BCUT2D eigenvalue weighted by Gasteiger charge is 2.27. The number of amides is 2. The number of rotatable bonds is 9. The number of benzene rings is 2. The molecule has 2 amide bonds. The molecule has 0 radical (unpaired) electrons. The number of hydrogen-bond donors (Lipinski definition) is 3. The van der Waals surface area contributed by atoms with Gasteiger partial charge >= 0.3 is 6.09 Å². The molecule has 1 fully saturated rings. The van der Waals surface area contributed by atoms with Crippen molar-refractivity contribution in [2.24, 2.45) is 0 Å². The standard InChI is InChI=1S/C27H34N6O3/c1-3-32(4-2)26(34)21-10-8-20(9-11-21)25(22-6-5-7-23(18-22)30-27(35)36)33-16-14-31(15-17-33)19-24-28-12-13-29-24/h5-13,18,25,30H,3-4,14-17,19H2,1-2H3,(H,28,29)(H,35,36). The first kappa shape index (κ1) is 25.4. The molecule has 1 aliphatic heterocycles. The first-order valence-corrected chi connectivity index (χ1v) is 12.4. The topological polar surface area (TPSA) is 105 Å². The molecule has 0 bridgehead atoms. The van der Waals surface area contributed by atoms with Crippen LogP contribution in [-0.2, 0) is 6.54 Å². The number of H-pyrrole nitrogens is 1. The summed E-state index contributed by atoms with van der Waals surface area (Å²) in [6.07, 6.45) is 2.53. The van der Waals surface area contributed by atoms with Crippen LogP contribution in [-0.4, -0.2) is 81.0 Å². The Bertz CT molecular complexity index is 1140. The van der Waals surface area contributed by atoms with Gasteiger partial charge in [-0.2, -0.15) is 0 Å². The number of nitrogens with zero attached hydrogens (tertiary/aromatic N) is 4. The van der Waals surface area contributed by atoms with Gasteiger partial charge in [0.2, 0.25) is 0 Å². The van der Waals surface area contributed by atoms with Crippen molar-refractivity contribution in [2.75, 3.05) is 44.6 Å². The molecule has 0 aliphatic carbocycles. The van der Waals surface area contributed by atoms with Crippen LogP contribution in [0.1, 0.15) is 47.2 Å². The molecule has 4 rings (SSSR count). The first-order valence-electron chi connectivity index (χ1n) is 12.4. The number of aromatic nitrogens is 2. The van der Waals surface area contributed by atoms with E-state index in [1.165, 1.54) is 0 Å². The van der Waals surface area contributed by atoms with Crippen LogP contribution in [0.3, 0.4) is 0 Å². The van der Waals surface area contributed by atoms with E-state index < -0.39 is 6.09 Å². The number of piperazine rings is 1. The smallest absolute Gasteiger partial charge is 0.409 e. The Hall–Kier alpha value is -3.69. The number of carbonyl (C=O) groups is 2. The van der Waals surface area contributed by atoms with Crippen LogP contribution < -0.4 is 5.32 Å². The monoisotopic (exact) mass is 490 g/mol. The van der Waals surface area contributed by atoms with Gasteiger partial charge in [-0.05, 0) is 49.2 Å². The Morgan fingerprint density at radius 3 is 2.39 bits per heavy atom. The van der Waals surface area contributed by atoms with E-state index in [1.54, 1.807) is 12.3 Å². The predicted octanol–water partition coefficient (Wildman–Crippen LogP) is 3.89. The average molecular weight is 491 g/mol. The summed E-state index contributed by atoms with van der Waals surface area (Å²) >= 11 is 0. The van der Waals surface area contributed by atoms with Crippen molar-refractivity contribution in [1.29, 1.82) is 0 Å². The second-order valence-corrected chi connectivity index (χ2v) is 8.91. The van der Waals surface area contributed by atoms with Crippen molar-refractivity contribution in [3.05, 3.63) is 83.4 Å². The van der Waals surface area contributed by atoms with Gasteiger partial charge in [0.15, 0.2) is 0 Å². The van der Waals surface area contributed by atoms with Crippen molar-refractivity contribution >= 4 is 17.7 Å². The van der Waals surface area contributed by atoms with Crippen molar-refractivity contribution in [2.45, 2.75) is 26.4 Å². The van der Waals surface area contributed by atoms with Crippen molar-refractivity contribution in [3.63, 3.8) is 0 Å². The Morgan fingerprint density at radius 2 is 1.78 bits per heavy atom. The van der Waals surface area contributed by atoms with Crippen LogP contribution >= 0.6 is 0 Å². The number of carboxylic acid groups (broad SMARTS) is 1. The third kappa shape index (κ3) is 6.10. The molecule has 2 heterocycles. The summed E-state index contributed by atoms with van der Waals surface area (Å²) in [5.74, 6) is 0.989. The van der Waals surface area contributed by atoms with E-state index >= 15 is 0 Å². The van der Waals surface area contributed by atoms with Gasteiger partial charge < -0.3 is 15.0 Å². The summed E-state index contributed by atoms with van der Waals surface area (Å²) in [5.41, 5.74) is 3.28. The molecule has 1 unspecified atom stereocenters. The fourth-order valence-electron chi connectivity index (χ4n) is 4.80. The first-order chi connectivity index (χ1) is 17.5. The summed E-state index contributed by atoms with van der Waals surface area (Å²) < 4.78 is 0. The summed E-state index contributed by atoms with van der Waals surface area (Å²) in [6.45, 7) is 9.57. The van der Waals surface area contributed by atoms with Gasteiger partial charge in [0.25, 0.3) is 5.91 Å². The summed E-state index contributed by atoms with van der Waals surface area (Å²) in [7, 11) is 0. The molecule has 3 N–H and O–H groups in total. The SMILES string of the molecule is CCN(CC)C(=O)c1ccc(C(c2cccc(NC(=O)O)c2)N2CCN(Cc3ncc[nH]3)CC2)cc1. The lowest BCUT2D eigenvalue weighted by Crippen LogP contribution is -2.47. The van der Waals surface area contributed by atoms with Crippen LogP contribution in [0.4, 0.5) is 10.5 Å². The van der Waals surface area contributed by atoms with Gasteiger partial charge in [-0.3, -0.25) is 19.9 Å². The molecular weight excluding hydrogens is 456 g/mol. The lowest BCUT2D eigenvalue weighted by Gasteiger charge is -2.39. The molecule has 1 atom stereocenters. The molecule has 190 valence electrons. The van der Waals surface area contributed by atoms with Gasteiger partial charge in [-0.1, -0.05) is 24.3 Å². The molecule has 9 heteroatoms. The maximum absolute atomic E-state index is 12.8. The zero-order valence-corrected chi connectivity index (χ0v) is 20.9. The Labute approximate surface area is 211 Å². The van der Waals surface area contributed by atoms with E-state index in [0.717, 1.165) is 49.7 Å². The summed E-state index contributed by atoms with van der Waals surface area (Å²) in [4.78, 5) is 38.2. The van der Waals surface area contributed by atoms with E-state index in [9.17, 15) is 14.7 Å². The van der Waals surface area contributed by atoms with Gasteiger partial charge in [-0.25, -0.2) is 9.78 Å². The zero-order valence-electron chi connectivity index (χ0n) is 20.9. The van der Waals surface area contributed by atoms with Crippen LogP contribution in [0.15, 0.2) is 60.9 Å². The minimum atomic E-state index is -1.09. The van der Waals surface area contributed by atoms with Crippen LogP contribution in [0.2, 0.25) is 0 Å². The van der Waals surface area contributed by atoms with Crippen LogP contribution in [0, 0.1) is 0 Å². The number of carbonyl (C=O) groups excluding carboxylic acids is 1. The quantitative estimate of drug-likeness (QED) is 0.420. The molecule has 1 saturated heterocycles. The van der Waals surface area contributed by atoms with Crippen LogP contribution in [0.5, 0.6) is 0 Å². The maximum Gasteiger partial charge on any atom is 0.409 e. The number of aromatic amines is 1. The normalized spacial score (nSPS) is 15.4. The molecule has 1 aromatic heterocycles. The number of imidazole rings is 1. The van der Waals surface area contributed by atoms with E-state index in [4.69, 9.17) is 0 Å². The lowest BCUT2D eigenvalue weighted by molar-refractivity contribution is 0.0772. The van der Waals surface area contributed by atoms with Gasteiger partial charge in [0.1, 0.15) is 5.82 Å². The van der Waals surface area contributed by atoms with E-state index in [-0.39, 0.29) is 11.9 Å². The second kappa shape index (κ2) is 11.8. The Balaban J connectivity index is 1.58. The van der Waals surface area contributed by atoms with E-state index in [2.05, 4.69) is 25.1 Å². The van der Waals surface area contributed by atoms with Gasteiger partial charge in [0.05, 0.1) is 12.6 Å². The molecule has 2 aromatic carbocycles. The average Bonchev–Trinajstić information content (AvgIpc) is 3.39. The van der Waals surface area contributed by atoms with Crippen molar-refractivity contribution in [3.8, 4) is 0 Å². The highest BCUT2D eigenvalue weighted by molar-refractivity contribution is 5.94. The maximum atomic E-state index is 12.8. The highest BCUT2D eigenvalue weighted by Crippen LogP contribution is 2.31.